The largest absolute Gasteiger partial charge is 0.392 e. The van der Waals surface area contributed by atoms with E-state index in [0.29, 0.717) is 24.0 Å². The Kier molecular flexibility index (Phi) is 4.35. The van der Waals surface area contributed by atoms with Crippen LogP contribution in [0.3, 0.4) is 0 Å². The van der Waals surface area contributed by atoms with Crippen molar-refractivity contribution in [1.29, 1.82) is 0 Å². The smallest absolute Gasteiger partial charge is 0.188 e. The monoisotopic (exact) mass is 348 g/mol. The number of ketones is 1. The van der Waals surface area contributed by atoms with Crippen molar-refractivity contribution in [2.45, 2.75) is 58.8 Å². The van der Waals surface area contributed by atoms with Crippen molar-refractivity contribution < 1.29 is 25.2 Å². The first-order valence-corrected chi connectivity index (χ1v) is 8.95. The molecule has 0 aliphatic heterocycles. The van der Waals surface area contributed by atoms with Gasteiger partial charge in [-0.3, -0.25) is 4.79 Å². The van der Waals surface area contributed by atoms with Crippen LogP contribution in [0.5, 0.6) is 0 Å². The summed E-state index contributed by atoms with van der Waals surface area (Å²) >= 11 is 0. The maximum atomic E-state index is 12.7. The van der Waals surface area contributed by atoms with Gasteiger partial charge in [0.25, 0.3) is 0 Å². The van der Waals surface area contributed by atoms with Crippen LogP contribution in [0.4, 0.5) is 0 Å². The first kappa shape index (κ1) is 18.5. The van der Waals surface area contributed by atoms with Crippen LogP contribution in [-0.4, -0.2) is 51.1 Å². The minimum Gasteiger partial charge on any atom is -0.392 e. The second-order valence-electron chi connectivity index (χ2n) is 8.41. The van der Waals surface area contributed by atoms with Gasteiger partial charge in [-0.2, -0.15) is 0 Å². The van der Waals surface area contributed by atoms with E-state index >= 15 is 0 Å². The molecule has 0 aromatic carbocycles. The second-order valence-corrected chi connectivity index (χ2v) is 8.41. The maximum absolute atomic E-state index is 12.7. The minimum absolute atomic E-state index is 0.0474. The van der Waals surface area contributed by atoms with Crippen molar-refractivity contribution in [3.8, 4) is 0 Å². The van der Waals surface area contributed by atoms with Crippen LogP contribution in [-0.2, 0) is 4.79 Å². The zero-order valence-electron chi connectivity index (χ0n) is 15.3. The molecule has 138 valence electrons. The van der Waals surface area contributed by atoms with Gasteiger partial charge in [0.05, 0.1) is 12.7 Å². The van der Waals surface area contributed by atoms with E-state index < -0.39 is 29.1 Å². The zero-order valence-corrected chi connectivity index (χ0v) is 15.3. The maximum Gasteiger partial charge on any atom is 0.188 e. The third kappa shape index (κ3) is 2.33. The van der Waals surface area contributed by atoms with Crippen LogP contribution in [0.1, 0.15) is 40.5 Å². The summed E-state index contributed by atoms with van der Waals surface area (Å²) in [5, 5.41) is 41.5. The van der Waals surface area contributed by atoms with E-state index in [1.54, 1.807) is 6.08 Å². The fraction of sp³-hybridized carbons (Fsp3) is 0.650. The fourth-order valence-corrected chi connectivity index (χ4v) is 4.80. The summed E-state index contributed by atoms with van der Waals surface area (Å²) < 4.78 is 0. The Hall–Kier alpha value is -1.27. The number of Topliss-reactive ketones (excluding diaryl/α,β-unsaturated/α-hetero) is 1. The molecule has 4 N–H and O–H groups in total. The van der Waals surface area contributed by atoms with Gasteiger partial charge in [-0.15, -0.1) is 0 Å². The van der Waals surface area contributed by atoms with Crippen molar-refractivity contribution in [2.24, 2.45) is 16.7 Å². The van der Waals surface area contributed by atoms with Crippen molar-refractivity contribution in [3.63, 3.8) is 0 Å². The Labute approximate surface area is 148 Å². The number of fused-ring (bicyclic) bond motifs is 3. The van der Waals surface area contributed by atoms with Gasteiger partial charge in [0, 0.05) is 16.4 Å². The third-order valence-corrected chi connectivity index (χ3v) is 6.56. The van der Waals surface area contributed by atoms with Crippen LogP contribution in [0.15, 0.2) is 34.4 Å². The van der Waals surface area contributed by atoms with Crippen molar-refractivity contribution in [3.05, 3.63) is 34.4 Å². The molecule has 1 fully saturated rings. The average molecular weight is 348 g/mol. The summed E-state index contributed by atoms with van der Waals surface area (Å²) in [5.41, 5.74) is 1.17. The first-order valence-electron chi connectivity index (χ1n) is 8.95. The molecule has 5 atom stereocenters. The molecule has 0 spiro atoms. The van der Waals surface area contributed by atoms with Crippen LogP contribution in [0.25, 0.3) is 0 Å². The van der Waals surface area contributed by atoms with Crippen LogP contribution in [0.2, 0.25) is 0 Å². The van der Waals surface area contributed by atoms with E-state index in [4.69, 9.17) is 0 Å². The van der Waals surface area contributed by atoms with Gasteiger partial charge in [0.2, 0.25) is 0 Å². The summed E-state index contributed by atoms with van der Waals surface area (Å²) in [5.74, 6) is -0.280. The molecule has 5 unspecified atom stereocenters. The van der Waals surface area contributed by atoms with E-state index in [1.807, 2.05) is 33.8 Å². The van der Waals surface area contributed by atoms with E-state index in [9.17, 15) is 25.2 Å². The molecule has 3 aliphatic rings. The summed E-state index contributed by atoms with van der Waals surface area (Å²) in [6.07, 6.45) is 1.23. The molecule has 0 bridgehead atoms. The highest BCUT2D eigenvalue weighted by Gasteiger charge is 2.59. The molecule has 0 aromatic rings. The van der Waals surface area contributed by atoms with Gasteiger partial charge in [0.15, 0.2) is 5.78 Å². The lowest BCUT2D eigenvalue weighted by Gasteiger charge is -2.49. The second kappa shape index (κ2) is 5.88. The number of carbonyl (C=O) groups is 1. The third-order valence-electron chi connectivity index (χ3n) is 6.56. The van der Waals surface area contributed by atoms with Crippen LogP contribution in [0, 0.1) is 16.7 Å². The molecule has 3 aliphatic carbocycles. The SMILES string of the molecule is CC(C)C1=C2C3=CC=C(CO)C(O)C(O)C3(C)CCC2(C)C(O)C1=O. The number of carbonyl (C=O) groups excluding carboxylic acids is 1. The molecule has 0 heterocycles. The standard InChI is InChI=1S/C20H28O5/c1-10(2)13-14-12-6-5-11(9-21)15(22)17(24)19(12,3)7-8-20(14,4)18(25)16(13)23/h5-6,10,15,17-18,21-22,24-25H,7-9H2,1-4H3. The quantitative estimate of drug-likeness (QED) is 0.602. The fourth-order valence-electron chi connectivity index (χ4n) is 4.80. The average Bonchev–Trinajstić information content (AvgIpc) is 2.71. The molecule has 5 heteroatoms. The molecule has 0 aromatic heterocycles. The predicted molar refractivity (Wildman–Crippen MR) is 93.6 cm³/mol. The Morgan fingerprint density at radius 1 is 1.12 bits per heavy atom. The highest BCUT2D eigenvalue weighted by atomic mass is 16.3. The Bertz CT molecular complexity index is 701. The Balaban J connectivity index is 2.28. The summed E-state index contributed by atoms with van der Waals surface area (Å²) in [7, 11) is 0. The van der Waals surface area contributed by atoms with Crippen LogP contribution >= 0.6 is 0 Å². The normalized spacial score (nSPS) is 41.3. The lowest BCUT2D eigenvalue weighted by atomic mass is 9.57. The summed E-state index contributed by atoms with van der Waals surface area (Å²) in [6, 6.07) is 0. The molecule has 3 rings (SSSR count). The number of aliphatic hydroxyl groups excluding tert-OH is 4. The highest BCUT2D eigenvalue weighted by Crippen LogP contribution is 2.60. The number of allylic oxidation sites excluding steroid dienone is 2. The molecular weight excluding hydrogens is 320 g/mol. The Morgan fingerprint density at radius 2 is 1.72 bits per heavy atom. The number of rotatable bonds is 2. The number of aliphatic hydroxyl groups is 4. The van der Waals surface area contributed by atoms with Gasteiger partial charge in [0.1, 0.15) is 12.2 Å². The highest BCUT2D eigenvalue weighted by molar-refractivity contribution is 6.05. The topological polar surface area (TPSA) is 98.0 Å². The van der Waals surface area contributed by atoms with Gasteiger partial charge >= 0.3 is 0 Å². The summed E-state index contributed by atoms with van der Waals surface area (Å²) in [4.78, 5) is 12.7. The van der Waals surface area contributed by atoms with E-state index in [-0.39, 0.29) is 18.3 Å². The Morgan fingerprint density at radius 3 is 2.28 bits per heavy atom. The molecule has 25 heavy (non-hydrogen) atoms. The zero-order chi connectivity index (χ0) is 18.7. The molecular formula is C20H28O5. The van der Waals surface area contributed by atoms with E-state index in [1.165, 1.54) is 0 Å². The van der Waals surface area contributed by atoms with Crippen molar-refractivity contribution in [1.82, 2.24) is 0 Å². The number of hydrogen-bond acceptors (Lipinski definition) is 5. The van der Waals surface area contributed by atoms with E-state index in [0.717, 1.165) is 11.1 Å². The number of hydrogen-bond donors (Lipinski definition) is 4. The van der Waals surface area contributed by atoms with Gasteiger partial charge in [-0.05, 0) is 35.5 Å². The minimum atomic E-state index is -1.15. The molecule has 0 saturated heterocycles. The van der Waals surface area contributed by atoms with Crippen LogP contribution < -0.4 is 0 Å². The molecule has 0 amide bonds. The lowest BCUT2D eigenvalue weighted by Crippen LogP contribution is -2.49. The lowest BCUT2D eigenvalue weighted by molar-refractivity contribution is -0.127. The van der Waals surface area contributed by atoms with Crippen molar-refractivity contribution >= 4 is 5.78 Å². The van der Waals surface area contributed by atoms with E-state index in [2.05, 4.69) is 0 Å². The molecule has 1 saturated carbocycles. The van der Waals surface area contributed by atoms with Crippen molar-refractivity contribution in [2.75, 3.05) is 6.61 Å². The van der Waals surface area contributed by atoms with Gasteiger partial charge < -0.3 is 20.4 Å². The molecule has 0 radical (unpaired) electrons. The summed E-state index contributed by atoms with van der Waals surface area (Å²) in [6.45, 7) is 7.32. The van der Waals surface area contributed by atoms with Gasteiger partial charge in [-0.1, -0.05) is 39.8 Å². The predicted octanol–water partition coefficient (Wildman–Crippen LogP) is 1.27. The first-order chi connectivity index (χ1) is 11.6. The molecule has 5 nitrogen and oxygen atoms in total. The van der Waals surface area contributed by atoms with Gasteiger partial charge in [-0.25, -0.2) is 0 Å².